The lowest BCUT2D eigenvalue weighted by Crippen LogP contribution is -2.42. The van der Waals surface area contributed by atoms with Gasteiger partial charge in [-0.3, -0.25) is 19.4 Å². The van der Waals surface area contributed by atoms with Crippen molar-refractivity contribution < 1.29 is 18.8 Å². The van der Waals surface area contributed by atoms with E-state index in [2.05, 4.69) is 15.6 Å². The highest BCUT2D eigenvalue weighted by atomic mass is 16.3. The number of amides is 3. The van der Waals surface area contributed by atoms with Crippen LogP contribution in [0.5, 0.6) is 0 Å². The molecule has 8 nitrogen and oxygen atoms in total. The van der Waals surface area contributed by atoms with Gasteiger partial charge < -0.3 is 20.0 Å². The van der Waals surface area contributed by atoms with Crippen LogP contribution in [0.15, 0.2) is 71.6 Å². The normalized spacial score (nSPS) is 10.3. The number of anilines is 1. The Bertz CT molecular complexity index is 1000. The minimum Gasteiger partial charge on any atom is -0.467 e. The Balaban J connectivity index is 1.58. The van der Waals surface area contributed by atoms with Crippen LogP contribution in [-0.2, 0) is 16.1 Å². The topological polar surface area (TPSA) is 105 Å². The van der Waals surface area contributed by atoms with E-state index < -0.39 is 5.91 Å². The highest BCUT2D eigenvalue weighted by molar-refractivity contribution is 5.98. The smallest absolute Gasteiger partial charge is 0.254 e. The predicted molar refractivity (Wildman–Crippen MR) is 111 cm³/mol. The summed E-state index contributed by atoms with van der Waals surface area (Å²) in [7, 11) is 0. The van der Waals surface area contributed by atoms with Gasteiger partial charge in [0.1, 0.15) is 12.3 Å². The van der Waals surface area contributed by atoms with Gasteiger partial charge >= 0.3 is 0 Å². The standard InChI is InChI=1S/C22H22N4O4/c1-16-4-2-5-18(12-16)25-20(27)13-24-21(28)15-26(14-19-6-3-11-30-19)22(29)17-7-9-23-10-8-17/h2-12H,13-15H2,1H3,(H,24,28)(H,25,27). The number of carbonyl (C=O) groups excluding carboxylic acids is 3. The molecule has 3 amide bonds. The summed E-state index contributed by atoms with van der Waals surface area (Å²) >= 11 is 0. The van der Waals surface area contributed by atoms with E-state index in [9.17, 15) is 14.4 Å². The number of nitrogens with one attached hydrogen (secondary N) is 2. The molecule has 0 spiro atoms. The fourth-order valence-electron chi connectivity index (χ4n) is 2.80. The third-order valence-corrected chi connectivity index (χ3v) is 4.22. The van der Waals surface area contributed by atoms with Crippen LogP contribution in [0, 0.1) is 6.92 Å². The predicted octanol–water partition coefficient (Wildman–Crippen LogP) is 2.38. The van der Waals surface area contributed by atoms with Crippen LogP contribution < -0.4 is 10.6 Å². The van der Waals surface area contributed by atoms with Gasteiger partial charge in [-0.05, 0) is 48.9 Å². The quantitative estimate of drug-likeness (QED) is 0.598. The number of rotatable bonds is 8. The van der Waals surface area contributed by atoms with Crippen LogP contribution >= 0.6 is 0 Å². The van der Waals surface area contributed by atoms with E-state index in [1.807, 2.05) is 25.1 Å². The molecule has 0 saturated heterocycles. The van der Waals surface area contributed by atoms with Crippen LogP contribution in [0.2, 0.25) is 0 Å². The van der Waals surface area contributed by atoms with Crippen LogP contribution in [0.3, 0.4) is 0 Å². The van der Waals surface area contributed by atoms with Gasteiger partial charge in [-0.1, -0.05) is 12.1 Å². The summed E-state index contributed by atoms with van der Waals surface area (Å²) in [5.74, 6) is -0.606. The van der Waals surface area contributed by atoms with Gasteiger partial charge in [0.25, 0.3) is 5.91 Å². The summed E-state index contributed by atoms with van der Waals surface area (Å²) in [5, 5.41) is 5.27. The highest BCUT2D eigenvalue weighted by Gasteiger charge is 2.20. The number of nitrogens with zero attached hydrogens (tertiary/aromatic N) is 2. The molecule has 2 heterocycles. The van der Waals surface area contributed by atoms with Gasteiger partial charge in [0.05, 0.1) is 19.4 Å². The molecular weight excluding hydrogens is 384 g/mol. The molecule has 1 aromatic carbocycles. The number of benzene rings is 1. The number of hydrogen-bond donors (Lipinski definition) is 2. The molecule has 0 aliphatic heterocycles. The molecule has 3 aromatic rings. The van der Waals surface area contributed by atoms with Crippen LogP contribution in [0.1, 0.15) is 21.7 Å². The third kappa shape index (κ3) is 6.03. The van der Waals surface area contributed by atoms with Crippen molar-refractivity contribution in [3.8, 4) is 0 Å². The summed E-state index contributed by atoms with van der Waals surface area (Å²) in [6, 6.07) is 13.9. The zero-order chi connectivity index (χ0) is 21.3. The summed E-state index contributed by atoms with van der Waals surface area (Å²) in [6.45, 7) is 1.62. The fourth-order valence-corrected chi connectivity index (χ4v) is 2.80. The lowest BCUT2D eigenvalue weighted by molar-refractivity contribution is -0.124. The molecule has 0 aliphatic carbocycles. The number of hydrogen-bond acceptors (Lipinski definition) is 5. The number of aryl methyl sites for hydroxylation is 1. The Labute approximate surface area is 173 Å². The molecule has 0 aliphatic rings. The van der Waals surface area contributed by atoms with Crippen molar-refractivity contribution in [1.82, 2.24) is 15.2 Å². The zero-order valence-electron chi connectivity index (χ0n) is 16.5. The first-order valence-corrected chi connectivity index (χ1v) is 9.36. The van der Waals surface area contributed by atoms with Crippen molar-refractivity contribution in [3.63, 3.8) is 0 Å². The van der Waals surface area contributed by atoms with Crippen LogP contribution in [-0.4, -0.2) is 40.7 Å². The lowest BCUT2D eigenvalue weighted by Gasteiger charge is -2.21. The van der Waals surface area contributed by atoms with Gasteiger partial charge in [0.15, 0.2) is 0 Å². The first-order valence-electron chi connectivity index (χ1n) is 9.36. The monoisotopic (exact) mass is 406 g/mol. The maximum Gasteiger partial charge on any atom is 0.254 e. The van der Waals surface area contributed by atoms with Crippen molar-refractivity contribution in [2.24, 2.45) is 0 Å². The van der Waals surface area contributed by atoms with E-state index in [0.29, 0.717) is 17.0 Å². The molecule has 0 saturated carbocycles. The van der Waals surface area contributed by atoms with Gasteiger partial charge in [0.2, 0.25) is 11.8 Å². The van der Waals surface area contributed by atoms with Crippen molar-refractivity contribution in [1.29, 1.82) is 0 Å². The first-order chi connectivity index (χ1) is 14.5. The van der Waals surface area contributed by atoms with E-state index in [4.69, 9.17) is 4.42 Å². The second-order valence-corrected chi connectivity index (χ2v) is 6.67. The average molecular weight is 406 g/mol. The Hall–Kier alpha value is -3.94. The highest BCUT2D eigenvalue weighted by Crippen LogP contribution is 2.11. The molecule has 8 heteroatoms. The fraction of sp³-hybridized carbons (Fsp3) is 0.182. The van der Waals surface area contributed by atoms with Crippen LogP contribution in [0.4, 0.5) is 5.69 Å². The maximum atomic E-state index is 12.8. The summed E-state index contributed by atoms with van der Waals surface area (Å²) in [5.41, 5.74) is 2.07. The SMILES string of the molecule is Cc1cccc(NC(=O)CNC(=O)CN(Cc2ccco2)C(=O)c2ccncc2)c1. The molecule has 0 fully saturated rings. The van der Waals surface area contributed by atoms with Crippen molar-refractivity contribution in [2.75, 3.05) is 18.4 Å². The summed E-state index contributed by atoms with van der Waals surface area (Å²) in [4.78, 5) is 42.6. The van der Waals surface area contributed by atoms with Crippen molar-refractivity contribution in [2.45, 2.75) is 13.5 Å². The maximum absolute atomic E-state index is 12.8. The lowest BCUT2D eigenvalue weighted by atomic mass is 10.2. The van der Waals surface area contributed by atoms with E-state index in [-0.39, 0.29) is 31.4 Å². The Morgan fingerprint density at radius 1 is 1.03 bits per heavy atom. The van der Waals surface area contributed by atoms with Gasteiger partial charge in [0, 0.05) is 23.6 Å². The minimum atomic E-state index is -0.455. The van der Waals surface area contributed by atoms with Gasteiger partial charge in [-0.15, -0.1) is 0 Å². The second-order valence-electron chi connectivity index (χ2n) is 6.67. The molecule has 0 bridgehead atoms. The number of furan rings is 1. The van der Waals surface area contributed by atoms with Crippen molar-refractivity contribution >= 4 is 23.4 Å². The molecule has 30 heavy (non-hydrogen) atoms. The summed E-state index contributed by atoms with van der Waals surface area (Å²) < 4.78 is 5.30. The van der Waals surface area contributed by atoms with E-state index >= 15 is 0 Å². The summed E-state index contributed by atoms with van der Waals surface area (Å²) in [6.07, 6.45) is 4.52. The molecule has 0 radical (unpaired) electrons. The zero-order valence-corrected chi connectivity index (χ0v) is 16.5. The Morgan fingerprint density at radius 2 is 1.83 bits per heavy atom. The van der Waals surface area contributed by atoms with E-state index in [1.54, 1.807) is 30.3 Å². The van der Waals surface area contributed by atoms with Crippen LogP contribution in [0.25, 0.3) is 0 Å². The number of aromatic nitrogens is 1. The molecule has 3 rings (SSSR count). The largest absolute Gasteiger partial charge is 0.467 e. The van der Waals surface area contributed by atoms with E-state index in [1.165, 1.54) is 23.6 Å². The third-order valence-electron chi connectivity index (χ3n) is 4.22. The second kappa shape index (κ2) is 10.0. The molecule has 0 atom stereocenters. The van der Waals surface area contributed by atoms with Crippen molar-refractivity contribution in [3.05, 3.63) is 84.1 Å². The van der Waals surface area contributed by atoms with Gasteiger partial charge in [-0.25, -0.2) is 0 Å². The Morgan fingerprint density at radius 3 is 2.53 bits per heavy atom. The Kier molecular flexibility index (Phi) is 6.94. The molecule has 154 valence electrons. The molecule has 2 aromatic heterocycles. The first kappa shape index (κ1) is 20.8. The molecular formula is C22H22N4O4. The molecule has 2 N–H and O–H groups in total. The number of carbonyl (C=O) groups is 3. The minimum absolute atomic E-state index is 0.122. The van der Waals surface area contributed by atoms with E-state index in [0.717, 1.165) is 5.56 Å². The number of pyridine rings is 1. The molecule has 0 unspecified atom stereocenters. The average Bonchev–Trinajstić information content (AvgIpc) is 3.25. The van der Waals surface area contributed by atoms with Gasteiger partial charge in [-0.2, -0.15) is 0 Å².